The lowest BCUT2D eigenvalue weighted by atomic mass is 10.0. The number of benzene rings is 1. The number of aryl methyl sites for hydroxylation is 2. The molecule has 6 heteroatoms. The zero-order chi connectivity index (χ0) is 11.5. The van der Waals surface area contributed by atoms with Crippen molar-refractivity contribution >= 4 is 16.9 Å². The van der Waals surface area contributed by atoms with Gasteiger partial charge < -0.3 is 0 Å². The summed E-state index contributed by atoms with van der Waals surface area (Å²) < 4.78 is 0. The van der Waals surface area contributed by atoms with Crippen molar-refractivity contribution in [1.29, 1.82) is 0 Å². The Kier molecular flexibility index (Phi) is 2.82. The van der Waals surface area contributed by atoms with E-state index in [0.717, 1.165) is 22.2 Å². The Morgan fingerprint density at radius 1 is 1.50 bits per heavy atom. The number of hydrogen-bond acceptors (Lipinski definition) is 4. The Bertz CT molecular complexity index is 519. The summed E-state index contributed by atoms with van der Waals surface area (Å²) in [6, 6.07) is 3.88. The minimum Gasteiger partial charge on any atom is -0.294 e. The number of carbonyl (C=O) groups excluding carboxylic acids is 1. The first-order valence-electron chi connectivity index (χ1n) is 5.01. The van der Waals surface area contributed by atoms with Crippen molar-refractivity contribution < 1.29 is 4.79 Å². The molecule has 2 aromatic rings. The lowest BCUT2D eigenvalue weighted by Gasteiger charge is -2.05. The number of nitrogens with zero attached hydrogens (tertiary/aromatic N) is 2. The van der Waals surface area contributed by atoms with Crippen molar-refractivity contribution in [3.8, 4) is 0 Å². The van der Waals surface area contributed by atoms with E-state index in [1.54, 1.807) is 0 Å². The summed E-state index contributed by atoms with van der Waals surface area (Å²) in [7, 11) is 0. The van der Waals surface area contributed by atoms with Gasteiger partial charge in [-0.3, -0.25) is 10.2 Å². The number of rotatable bonds is 3. The van der Waals surface area contributed by atoms with Crippen molar-refractivity contribution in [2.24, 2.45) is 5.84 Å². The Hall–Kier alpha value is -1.95. The SMILES string of the molecule is Cc1ccc2n[nH]nc2c1CCC(=O)NN. The number of amides is 1. The zero-order valence-corrected chi connectivity index (χ0v) is 8.95. The van der Waals surface area contributed by atoms with Crippen LogP contribution in [-0.2, 0) is 11.2 Å². The summed E-state index contributed by atoms with van der Waals surface area (Å²) in [6.45, 7) is 1.99. The van der Waals surface area contributed by atoms with Crippen LogP contribution in [0.15, 0.2) is 12.1 Å². The highest BCUT2D eigenvalue weighted by Crippen LogP contribution is 2.19. The smallest absolute Gasteiger partial charge is 0.234 e. The van der Waals surface area contributed by atoms with Crippen molar-refractivity contribution in [1.82, 2.24) is 20.8 Å². The van der Waals surface area contributed by atoms with Crippen molar-refractivity contribution in [3.63, 3.8) is 0 Å². The van der Waals surface area contributed by atoms with E-state index in [4.69, 9.17) is 5.84 Å². The van der Waals surface area contributed by atoms with Gasteiger partial charge in [0.1, 0.15) is 11.0 Å². The van der Waals surface area contributed by atoms with Crippen LogP contribution >= 0.6 is 0 Å². The van der Waals surface area contributed by atoms with Crippen LogP contribution in [0, 0.1) is 6.92 Å². The summed E-state index contributed by atoms with van der Waals surface area (Å²) in [5.41, 5.74) is 5.89. The van der Waals surface area contributed by atoms with E-state index in [1.165, 1.54) is 0 Å². The van der Waals surface area contributed by atoms with Gasteiger partial charge in [0.05, 0.1) is 0 Å². The van der Waals surface area contributed by atoms with Gasteiger partial charge in [-0.05, 0) is 30.5 Å². The van der Waals surface area contributed by atoms with Crippen LogP contribution in [0.5, 0.6) is 0 Å². The summed E-state index contributed by atoms with van der Waals surface area (Å²) in [5, 5.41) is 10.7. The second-order valence-electron chi connectivity index (χ2n) is 3.62. The lowest BCUT2D eigenvalue weighted by Crippen LogP contribution is -2.30. The van der Waals surface area contributed by atoms with Crippen LogP contribution in [0.4, 0.5) is 0 Å². The number of aromatic amines is 1. The normalized spacial score (nSPS) is 10.6. The molecule has 0 aliphatic heterocycles. The summed E-state index contributed by atoms with van der Waals surface area (Å²) in [5.74, 6) is 4.85. The van der Waals surface area contributed by atoms with Crippen LogP contribution in [-0.4, -0.2) is 21.3 Å². The van der Waals surface area contributed by atoms with Gasteiger partial charge in [-0.1, -0.05) is 6.07 Å². The molecule has 4 N–H and O–H groups in total. The molecule has 0 aliphatic rings. The van der Waals surface area contributed by atoms with E-state index in [9.17, 15) is 4.79 Å². The average molecular weight is 219 g/mol. The van der Waals surface area contributed by atoms with Crippen LogP contribution in [0.25, 0.3) is 11.0 Å². The summed E-state index contributed by atoms with van der Waals surface area (Å²) in [4.78, 5) is 11.1. The van der Waals surface area contributed by atoms with Crippen molar-refractivity contribution in [2.45, 2.75) is 19.8 Å². The maximum Gasteiger partial charge on any atom is 0.234 e. The number of aromatic nitrogens is 3. The molecule has 0 saturated carbocycles. The summed E-state index contributed by atoms with van der Waals surface area (Å²) >= 11 is 0. The number of carbonyl (C=O) groups is 1. The molecule has 0 aliphatic carbocycles. The van der Waals surface area contributed by atoms with Crippen LogP contribution in [0.2, 0.25) is 0 Å². The maximum atomic E-state index is 11.1. The minimum atomic E-state index is -0.181. The number of hydrazine groups is 1. The highest BCUT2D eigenvalue weighted by atomic mass is 16.2. The maximum absolute atomic E-state index is 11.1. The monoisotopic (exact) mass is 219 g/mol. The molecule has 0 fully saturated rings. The molecule has 0 radical (unpaired) electrons. The molecular weight excluding hydrogens is 206 g/mol. The molecule has 0 bridgehead atoms. The number of nitrogens with one attached hydrogen (secondary N) is 2. The van der Waals surface area contributed by atoms with Gasteiger partial charge in [0.15, 0.2) is 0 Å². The Morgan fingerprint density at radius 3 is 3.06 bits per heavy atom. The molecule has 2 rings (SSSR count). The number of hydrogen-bond donors (Lipinski definition) is 3. The average Bonchev–Trinajstić information content (AvgIpc) is 2.75. The standard InChI is InChI=1S/C10H13N5O/c1-6-2-4-8-10(14-15-13-8)7(6)3-5-9(16)12-11/h2,4H,3,5,11H2,1H3,(H,12,16)(H,13,14,15). The summed E-state index contributed by atoms with van der Waals surface area (Å²) in [6.07, 6.45) is 0.960. The Balaban J connectivity index is 2.31. The molecule has 0 atom stereocenters. The van der Waals surface area contributed by atoms with Gasteiger partial charge in [0, 0.05) is 6.42 Å². The number of H-pyrrole nitrogens is 1. The Labute approximate surface area is 92.2 Å². The molecule has 6 nitrogen and oxygen atoms in total. The first-order valence-corrected chi connectivity index (χ1v) is 5.01. The van der Waals surface area contributed by atoms with Gasteiger partial charge in [0.25, 0.3) is 0 Å². The fourth-order valence-corrected chi connectivity index (χ4v) is 1.69. The Morgan fingerprint density at radius 2 is 2.31 bits per heavy atom. The van der Waals surface area contributed by atoms with Crippen LogP contribution in [0.1, 0.15) is 17.5 Å². The minimum absolute atomic E-state index is 0.181. The molecule has 0 saturated heterocycles. The first kappa shape index (κ1) is 10.6. The topological polar surface area (TPSA) is 96.7 Å². The molecular formula is C10H13N5O. The van der Waals surface area contributed by atoms with Crippen LogP contribution in [0.3, 0.4) is 0 Å². The quantitative estimate of drug-likeness (QED) is 0.390. The van der Waals surface area contributed by atoms with E-state index in [1.807, 2.05) is 19.1 Å². The predicted octanol–water partition coefficient (Wildman–Crippen LogP) is 0.189. The molecule has 1 aromatic carbocycles. The third kappa shape index (κ3) is 1.87. The lowest BCUT2D eigenvalue weighted by molar-refractivity contribution is -0.121. The molecule has 1 amide bonds. The predicted molar refractivity (Wildman–Crippen MR) is 59.3 cm³/mol. The van der Waals surface area contributed by atoms with Crippen molar-refractivity contribution in [2.75, 3.05) is 0 Å². The second kappa shape index (κ2) is 4.28. The fraction of sp³-hybridized carbons (Fsp3) is 0.300. The third-order valence-electron chi connectivity index (χ3n) is 2.59. The van der Waals surface area contributed by atoms with E-state index >= 15 is 0 Å². The van der Waals surface area contributed by atoms with E-state index in [2.05, 4.69) is 20.8 Å². The van der Waals surface area contributed by atoms with E-state index < -0.39 is 0 Å². The second-order valence-corrected chi connectivity index (χ2v) is 3.62. The van der Waals surface area contributed by atoms with Gasteiger partial charge in [0.2, 0.25) is 5.91 Å². The van der Waals surface area contributed by atoms with Gasteiger partial charge in [-0.2, -0.15) is 15.4 Å². The van der Waals surface area contributed by atoms with Gasteiger partial charge in [-0.15, -0.1) is 0 Å². The molecule has 1 aromatic heterocycles. The van der Waals surface area contributed by atoms with E-state index in [-0.39, 0.29) is 5.91 Å². The first-order chi connectivity index (χ1) is 7.72. The highest BCUT2D eigenvalue weighted by molar-refractivity contribution is 5.80. The highest BCUT2D eigenvalue weighted by Gasteiger charge is 2.09. The molecule has 1 heterocycles. The third-order valence-corrected chi connectivity index (χ3v) is 2.59. The largest absolute Gasteiger partial charge is 0.294 e. The zero-order valence-electron chi connectivity index (χ0n) is 8.95. The van der Waals surface area contributed by atoms with Gasteiger partial charge in [-0.25, -0.2) is 5.84 Å². The van der Waals surface area contributed by atoms with Gasteiger partial charge >= 0.3 is 0 Å². The molecule has 0 spiro atoms. The fourth-order valence-electron chi connectivity index (χ4n) is 1.69. The van der Waals surface area contributed by atoms with E-state index in [0.29, 0.717) is 12.8 Å². The van der Waals surface area contributed by atoms with Crippen molar-refractivity contribution in [3.05, 3.63) is 23.3 Å². The molecule has 16 heavy (non-hydrogen) atoms. The number of fused-ring (bicyclic) bond motifs is 1. The number of nitrogens with two attached hydrogens (primary N) is 1. The molecule has 0 unspecified atom stereocenters. The van der Waals surface area contributed by atoms with Crippen LogP contribution < -0.4 is 11.3 Å². The molecule has 84 valence electrons.